The van der Waals surface area contributed by atoms with Gasteiger partial charge in [0.2, 0.25) is 0 Å². The van der Waals surface area contributed by atoms with Crippen LogP contribution in [0.2, 0.25) is 0 Å². The molecule has 0 atom stereocenters. The van der Waals surface area contributed by atoms with Crippen LogP contribution < -0.4 is 10.6 Å². The second-order valence-corrected chi connectivity index (χ2v) is 3.77. The van der Waals surface area contributed by atoms with Crippen molar-refractivity contribution in [3.63, 3.8) is 0 Å². The van der Waals surface area contributed by atoms with Crippen molar-refractivity contribution in [2.24, 2.45) is 5.73 Å². The van der Waals surface area contributed by atoms with Crippen molar-refractivity contribution >= 4 is 5.69 Å². The first kappa shape index (κ1) is 13.0. The molecule has 4 heteroatoms. The van der Waals surface area contributed by atoms with Gasteiger partial charge in [-0.25, -0.2) is 0 Å². The maximum absolute atomic E-state index is 9.00. The summed E-state index contributed by atoms with van der Waals surface area (Å²) in [4.78, 5) is 1.95. The lowest BCUT2D eigenvalue weighted by Crippen LogP contribution is -2.30. The monoisotopic (exact) mass is 224 g/mol. The van der Waals surface area contributed by atoms with Crippen LogP contribution in [0, 0.1) is 6.92 Å². The highest BCUT2D eigenvalue weighted by atomic mass is 16.3. The lowest BCUT2D eigenvalue weighted by molar-refractivity contribution is 0.281. The molecule has 4 nitrogen and oxygen atoms in total. The fourth-order valence-electron chi connectivity index (χ4n) is 1.73. The molecule has 0 amide bonds. The number of hydrogen-bond donors (Lipinski definition) is 3. The van der Waals surface area contributed by atoms with E-state index in [9.17, 15) is 0 Å². The summed E-state index contributed by atoms with van der Waals surface area (Å²) in [5.74, 6) is 0. The lowest BCUT2D eigenvalue weighted by atomic mass is 10.1. The van der Waals surface area contributed by atoms with E-state index in [0.717, 1.165) is 16.8 Å². The maximum atomic E-state index is 9.00. The predicted octanol–water partition coefficient (Wildman–Crippen LogP) is 0.245. The number of nitrogens with zero attached hydrogens (tertiary/aromatic N) is 1. The quantitative estimate of drug-likeness (QED) is 0.647. The molecule has 1 aromatic carbocycles. The summed E-state index contributed by atoms with van der Waals surface area (Å²) in [6.45, 7) is 3.63. The number of anilines is 1. The standard InChI is InChI=1S/C12H20N2O2/c1-10-2-3-11(9-13)12(8-10)14(4-6-15)5-7-16/h2-3,8,15-16H,4-7,9,13H2,1H3. The molecule has 1 rings (SSSR count). The number of rotatable bonds is 6. The third-order valence-electron chi connectivity index (χ3n) is 2.54. The van der Waals surface area contributed by atoms with Crippen molar-refractivity contribution in [1.29, 1.82) is 0 Å². The van der Waals surface area contributed by atoms with Gasteiger partial charge in [0.15, 0.2) is 0 Å². The smallest absolute Gasteiger partial charge is 0.0606 e. The van der Waals surface area contributed by atoms with Gasteiger partial charge in [-0.3, -0.25) is 0 Å². The van der Waals surface area contributed by atoms with E-state index in [4.69, 9.17) is 15.9 Å². The molecular weight excluding hydrogens is 204 g/mol. The van der Waals surface area contributed by atoms with Crippen molar-refractivity contribution in [3.8, 4) is 0 Å². The van der Waals surface area contributed by atoms with Crippen molar-refractivity contribution in [2.45, 2.75) is 13.5 Å². The van der Waals surface area contributed by atoms with Gasteiger partial charge in [-0.1, -0.05) is 12.1 Å². The first-order valence-corrected chi connectivity index (χ1v) is 5.49. The van der Waals surface area contributed by atoms with E-state index in [1.54, 1.807) is 0 Å². The summed E-state index contributed by atoms with van der Waals surface area (Å²) in [5.41, 5.74) is 8.87. The van der Waals surface area contributed by atoms with Crippen LogP contribution in [-0.2, 0) is 6.54 Å². The van der Waals surface area contributed by atoms with Gasteiger partial charge in [0.25, 0.3) is 0 Å². The van der Waals surface area contributed by atoms with Gasteiger partial charge in [-0.05, 0) is 24.1 Å². The zero-order valence-electron chi connectivity index (χ0n) is 9.69. The molecule has 4 N–H and O–H groups in total. The zero-order valence-corrected chi connectivity index (χ0v) is 9.69. The first-order valence-electron chi connectivity index (χ1n) is 5.49. The van der Waals surface area contributed by atoms with Crippen molar-refractivity contribution < 1.29 is 10.2 Å². The Labute approximate surface area is 96.3 Å². The Balaban J connectivity index is 3.00. The predicted molar refractivity (Wildman–Crippen MR) is 65.5 cm³/mol. The Kier molecular flexibility index (Phi) is 5.25. The normalized spacial score (nSPS) is 10.5. The first-order chi connectivity index (χ1) is 7.72. The molecule has 0 radical (unpaired) electrons. The molecule has 0 aliphatic rings. The number of aliphatic hydroxyl groups excluding tert-OH is 2. The molecule has 0 saturated heterocycles. The molecule has 0 fully saturated rings. The van der Waals surface area contributed by atoms with Gasteiger partial charge in [0.1, 0.15) is 0 Å². The van der Waals surface area contributed by atoms with E-state index >= 15 is 0 Å². The molecule has 0 aromatic heterocycles. The number of aryl methyl sites for hydroxylation is 1. The molecule has 1 aromatic rings. The van der Waals surface area contributed by atoms with Gasteiger partial charge < -0.3 is 20.8 Å². The van der Waals surface area contributed by atoms with Crippen LogP contribution >= 0.6 is 0 Å². The number of nitrogens with two attached hydrogens (primary N) is 1. The van der Waals surface area contributed by atoms with Crippen LogP contribution in [-0.4, -0.2) is 36.5 Å². The van der Waals surface area contributed by atoms with E-state index in [-0.39, 0.29) is 13.2 Å². The van der Waals surface area contributed by atoms with E-state index in [2.05, 4.69) is 0 Å². The Morgan fingerprint density at radius 2 is 1.81 bits per heavy atom. The molecule has 0 unspecified atom stereocenters. The Hall–Kier alpha value is -1.10. The average molecular weight is 224 g/mol. The van der Waals surface area contributed by atoms with Crippen molar-refractivity contribution in [1.82, 2.24) is 0 Å². The van der Waals surface area contributed by atoms with Gasteiger partial charge in [0.05, 0.1) is 13.2 Å². The summed E-state index contributed by atoms with van der Waals surface area (Å²) in [5, 5.41) is 18.0. The Bertz CT molecular complexity index is 323. The fourth-order valence-corrected chi connectivity index (χ4v) is 1.73. The third-order valence-corrected chi connectivity index (χ3v) is 2.54. The van der Waals surface area contributed by atoms with Crippen LogP contribution in [0.5, 0.6) is 0 Å². The minimum absolute atomic E-state index is 0.0674. The SMILES string of the molecule is Cc1ccc(CN)c(N(CCO)CCO)c1. The number of benzene rings is 1. The van der Waals surface area contributed by atoms with Crippen LogP contribution in [0.1, 0.15) is 11.1 Å². The maximum Gasteiger partial charge on any atom is 0.0606 e. The minimum Gasteiger partial charge on any atom is -0.395 e. The summed E-state index contributed by atoms with van der Waals surface area (Å²) < 4.78 is 0. The minimum atomic E-state index is 0.0674. The highest BCUT2D eigenvalue weighted by molar-refractivity contribution is 5.55. The van der Waals surface area contributed by atoms with Crippen LogP contribution in [0.3, 0.4) is 0 Å². The number of hydrogen-bond acceptors (Lipinski definition) is 4. The van der Waals surface area contributed by atoms with Crippen LogP contribution in [0.15, 0.2) is 18.2 Å². The highest BCUT2D eigenvalue weighted by Gasteiger charge is 2.09. The van der Waals surface area contributed by atoms with Gasteiger partial charge in [-0.15, -0.1) is 0 Å². The van der Waals surface area contributed by atoms with Crippen molar-refractivity contribution in [2.75, 3.05) is 31.2 Å². The van der Waals surface area contributed by atoms with Gasteiger partial charge in [-0.2, -0.15) is 0 Å². The van der Waals surface area contributed by atoms with Crippen LogP contribution in [0.4, 0.5) is 5.69 Å². The molecule has 90 valence electrons. The fraction of sp³-hybridized carbons (Fsp3) is 0.500. The average Bonchev–Trinajstić information content (AvgIpc) is 2.29. The molecule has 0 heterocycles. The van der Waals surface area contributed by atoms with Crippen LogP contribution in [0.25, 0.3) is 0 Å². The molecule has 16 heavy (non-hydrogen) atoms. The molecule has 0 spiro atoms. The summed E-state index contributed by atoms with van der Waals surface area (Å²) in [7, 11) is 0. The van der Waals surface area contributed by atoms with Crippen molar-refractivity contribution in [3.05, 3.63) is 29.3 Å². The van der Waals surface area contributed by atoms with E-state index in [1.165, 1.54) is 0 Å². The summed E-state index contributed by atoms with van der Waals surface area (Å²) in [6.07, 6.45) is 0. The molecule has 0 aliphatic heterocycles. The van der Waals surface area contributed by atoms with Gasteiger partial charge >= 0.3 is 0 Å². The topological polar surface area (TPSA) is 69.7 Å². The van der Waals surface area contributed by atoms with E-state index in [1.807, 2.05) is 30.0 Å². The molecule has 0 bridgehead atoms. The molecule has 0 saturated carbocycles. The second-order valence-electron chi connectivity index (χ2n) is 3.77. The number of aliphatic hydroxyl groups is 2. The van der Waals surface area contributed by atoms with Gasteiger partial charge in [0, 0.05) is 25.3 Å². The lowest BCUT2D eigenvalue weighted by Gasteiger charge is -2.25. The largest absolute Gasteiger partial charge is 0.395 e. The second kappa shape index (κ2) is 6.48. The summed E-state index contributed by atoms with van der Waals surface area (Å²) in [6, 6.07) is 6.04. The van der Waals surface area contributed by atoms with E-state index < -0.39 is 0 Å². The highest BCUT2D eigenvalue weighted by Crippen LogP contribution is 2.21. The Morgan fingerprint density at radius 3 is 2.31 bits per heavy atom. The third kappa shape index (κ3) is 3.20. The molecular formula is C12H20N2O2. The zero-order chi connectivity index (χ0) is 12.0. The Morgan fingerprint density at radius 1 is 1.19 bits per heavy atom. The molecule has 0 aliphatic carbocycles. The summed E-state index contributed by atoms with van der Waals surface area (Å²) >= 11 is 0. The van der Waals surface area contributed by atoms with E-state index in [0.29, 0.717) is 19.6 Å².